The number of carbonyl (C=O) groups excluding carboxylic acids is 1. The van der Waals surface area contributed by atoms with Crippen LogP contribution in [0.5, 0.6) is 0 Å². The van der Waals surface area contributed by atoms with E-state index in [0.717, 1.165) is 31.6 Å². The Morgan fingerprint density at radius 1 is 1.17 bits per heavy atom. The van der Waals surface area contributed by atoms with Crippen LogP contribution in [0, 0.1) is 0 Å². The van der Waals surface area contributed by atoms with Crippen LogP contribution in [0.1, 0.15) is 80.1 Å². The van der Waals surface area contributed by atoms with Gasteiger partial charge < -0.3 is 14.1 Å². The highest BCUT2D eigenvalue weighted by molar-refractivity contribution is 5.92. The van der Waals surface area contributed by atoms with E-state index in [1.807, 2.05) is 4.90 Å². The molecule has 1 aromatic rings. The van der Waals surface area contributed by atoms with Crippen LogP contribution in [-0.4, -0.2) is 41.1 Å². The van der Waals surface area contributed by atoms with Crippen molar-refractivity contribution in [2.24, 2.45) is 0 Å². The van der Waals surface area contributed by atoms with Crippen LogP contribution in [0.2, 0.25) is 0 Å². The molecule has 0 unspecified atom stereocenters. The van der Waals surface area contributed by atoms with Gasteiger partial charge in [0.15, 0.2) is 11.6 Å². The average Bonchev–Trinajstić information content (AvgIpc) is 3.26. The lowest BCUT2D eigenvalue weighted by Crippen LogP contribution is -2.54. The molecule has 0 atom stereocenters. The van der Waals surface area contributed by atoms with E-state index < -0.39 is 0 Å². The lowest BCUT2D eigenvalue weighted by Gasteiger charge is -2.44. The van der Waals surface area contributed by atoms with Gasteiger partial charge in [-0.2, -0.15) is 0 Å². The molecule has 0 bridgehead atoms. The summed E-state index contributed by atoms with van der Waals surface area (Å²) < 4.78 is 11.7. The molecule has 2 aliphatic carbocycles. The third kappa shape index (κ3) is 3.03. The van der Waals surface area contributed by atoms with E-state index >= 15 is 0 Å². The summed E-state index contributed by atoms with van der Waals surface area (Å²) in [6, 6.07) is 0. The minimum absolute atomic E-state index is 0.00578. The summed E-state index contributed by atoms with van der Waals surface area (Å²) in [4.78, 5) is 19.2. The van der Waals surface area contributed by atoms with E-state index in [1.165, 1.54) is 32.1 Å². The fourth-order valence-electron chi connectivity index (χ4n) is 4.42. The first-order valence-electron chi connectivity index (χ1n) is 9.14. The highest BCUT2D eigenvalue weighted by Crippen LogP contribution is 2.35. The number of aromatic nitrogens is 1. The molecule has 2 saturated carbocycles. The van der Waals surface area contributed by atoms with Gasteiger partial charge in [-0.05, 0) is 25.7 Å². The molecule has 3 fully saturated rings. The van der Waals surface area contributed by atoms with Gasteiger partial charge in [-0.15, -0.1) is 0 Å². The van der Waals surface area contributed by atoms with Gasteiger partial charge in [0.2, 0.25) is 0 Å². The maximum Gasteiger partial charge on any atom is 0.275 e. The number of carbonyl (C=O) groups is 1. The number of amides is 1. The largest absolute Gasteiger partial charge is 0.448 e. The first-order chi connectivity index (χ1) is 11.3. The van der Waals surface area contributed by atoms with Crippen LogP contribution in [0.25, 0.3) is 0 Å². The van der Waals surface area contributed by atoms with Crippen molar-refractivity contribution in [3.63, 3.8) is 0 Å². The quantitative estimate of drug-likeness (QED) is 0.837. The van der Waals surface area contributed by atoms with Crippen molar-refractivity contribution >= 4 is 5.91 Å². The Morgan fingerprint density at radius 2 is 1.96 bits per heavy atom. The lowest BCUT2D eigenvalue weighted by atomic mass is 9.83. The Bertz CT molecular complexity index is 551. The van der Waals surface area contributed by atoms with Crippen LogP contribution < -0.4 is 0 Å². The van der Waals surface area contributed by atoms with Gasteiger partial charge in [0.25, 0.3) is 5.91 Å². The van der Waals surface area contributed by atoms with Gasteiger partial charge in [-0.3, -0.25) is 4.79 Å². The van der Waals surface area contributed by atoms with Crippen molar-refractivity contribution in [1.82, 2.24) is 9.88 Å². The summed E-state index contributed by atoms with van der Waals surface area (Å²) in [5.74, 6) is 1.17. The Kier molecular flexibility index (Phi) is 4.14. The van der Waals surface area contributed by atoms with Crippen LogP contribution in [0.4, 0.5) is 0 Å². The number of hydrogen-bond donors (Lipinski definition) is 0. The van der Waals surface area contributed by atoms with Crippen LogP contribution in [0.15, 0.2) is 10.7 Å². The molecule has 5 heteroatoms. The monoisotopic (exact) mass is 318 g/mol. The van der Waals surface area contributed by atoms with E-state index in [0.29, 0.717) is 31.3 Å². The molecule has 3 aliphatic rings. The summed E-state index contributed by atoms with van der Waals surface area (Å²) in [7, 11) is 0. The molecule has 1 aromatic heterocycles. The molecule has 1 amide bonds. The second-order valence-electron chi connectivity index (χ2n) is 7.37. The molecule has 126 valence electrons. The molecule has 1 saturated heterocycles. The molecule has 1 aliphatic heterocycles. The zero-order chi connectivity index (χ0) is 15.7. The first-order valence-corrected chi connectivity index (χ1v) is 9.14. The lowest BCUT2D eigenvalue weighted by molar-refractivity contribution is -0.118. The highest BCUT2D eigenvalue weighted by Gasteiger charge is 2.40. The highest BCUT2D eigenvalue weighted by atomic mass is 16.5. The smallest absolute Gasteiger partial charge is 0.275 e. The Hall–Kier alpha value is -1.36. The number of rotatable bonds is 2. The van der Waals surface area contributed by atoms with E-state index in [-0.39, 0.29) is 11.5 Å². The Morgan fingerprint density at radius 3 is 2.74 bits per heavy atom. The predicted octanol–water partition coefficient (Wildman–Crippen LogP) is 3.51. The molecule has 0 N–H and O–H groups in total. The summed E-state index contributed by atoms with van der Waals surface area (Å²) >= 11 is 0. The van der Waals surface area contributed by atoms with Gasteiger partial charge in [0.05, 0.1) is 18.8 Å². The van der Waals surface area contributed by atoms with Gasteiger partial charge in [-0.25, -0.2) is 4.98 Å². The number of hydrogen-bond acceptors (Lipinski definition) is 4. The van der Waals surface area contributed by atoms with Crippen molar-refractivity contribution in [3.05, 3.63) is 17.8 Å². The second-order valence-corrected chi connectivity index (χ2v) is 7.37. The molecule has 2 heterocycles. The fraction of sp³-hybridized carbons (Fsp3) is 0.778. The standard InChI is InChI=1S/C18H26N2O3/c21-17(15-12-22-16(19-15)14-6-2-3-7-14)20-10-11-23-18(13-20)8-4-1-5-9-18/h12,14H,1-11,13H2. The van der Waals surface area contributed by atoms with Crippen molar-refractivity contribution in [2.45, 2.75) is 69.3 Å². The SMILES string of the molecule is O=C(c1coc(C2CCCC2)n1)N1CCOC2(CCCCC2)C1. The molecule has 4 rings (SSSR count). The predicted molar refractivity (Wildman–Crippen MR) is 85.4 cm³/mol. The van der Waals surface area contributed by atoms with Crippen LogP contribution >= 0.6 is 0 Å². The molecular weight excluding hydrogens is 292 g/mol. The van der Waals surface area contributed by atoms with E-state index in [9.17, 15) is 4.79 Å². The average molecular weight is 318 g/mol. The van der Waals surface area contributed by atoms with Crippen molar-refractivity contribution in [1.29, 1.82) is 0 Å². The zero-order valence-electron chi connectivity index (χ0n) is 13.8. The summed E-state index contributed by atoms with van der Waals surface area (Å²) in [5, 5.41) is 0. The number of oxazole rings is 1. The van der Waals surface area contributed by atoms with E-state index in [1.54, 1.807) is 6.26 Å². The molecule has 0 aromatic carbocycles. The normalized spacial score (nSPS) is 25.1. The maximum atomic E-state index is 12.8. The van der Waals surface area contributed by atoms with Crippen LogP contribution in [0.3, 0.4) is 0 Å². The number of nitrogens with zero attached hydrogens (tertiary/aromatic N) is 2. The maximum absolute atomic E-state index is 12.8. The van der Waals surface area contributed by atoms with Crippen molar-refractivity contribution in [3.8, 4) is 0 Å². The van der Waals surface area contributed by atoms with Gasteiger partial charge in [-0.1, -0.05) is 32.1 Å². The summed E-state index contributed by atoms with van der Waals surface area (Å²) in [6.07, 6.45) is 12.1. The van der Waals surface area contributed by atoms with E-state index in [4.69, 9.17) is 9.15 Å². The molecule has 0 radical (unpaired) electrons. The zero-order valence-corrected chi connectivity index (χ0v) is 13.8. The van der Waals surface area contributed by atoms with Crippen molar-refractivity contribution < 1.29 is 13.9 Å². The Labute approximate surface area is 137 Å². The summed E-state index contributed by atoms with van der Waals surface area (Å²) in [6.45, 7) is 2.00. The topological polar surface area (TPSA) is 55.6 Å². The molecule has 5 nitrogen and oxygen atoms in total. The minimum Gasteiger partial charge on any atom is -0.448 e. The minimum atomic E-state index is -0.107. The fourth-order valence-corrected chi connectivity index (χ4v) is 4.42. The Balaban J connectivity index is 1.45. The molecule has 23 heavy (non-hydrogen) atoms. The van der Waals surface area contributed by atoms with Gasteiger partial charge in [0.1, 0.15) is 6.26 Å². The van der Waals surface area contributed by atoms with Crippen molar-refractivity contribution in [2.75, 3.05) is 19.7 Å². The third-order valence-corrected chi connectivity index (χ3v) is 5.75. The molecular formula is C18H26N2O3. The third-order valence-electron chi connectivity index (χ3n) is 5.75. The molecule has 1 spiro atoms. The van der Waals surface area contributed by atoms with Crippen LogP contribution in [-0.2, 0) is 4.74 Å². The van der Waals surface area contributed by atoms with Gasteiger partial charge >= 0.3 is 0 Å². The first kappa shape index (κ1) is 15.2. The summed E-state index contributed by atoms with van der Waals surface area (Å²) in [5.41, 5.74) is 0.365. The second kappa shape index (κ2) is 6.27. The number of morpholine rings is 1. The number of ether oxygens (including phenoxy) is 1. The van der Waals surface area contributed by atoms with E-state index in [2.05, 4.69) is 4.98 Å². The van der Waals surface area contributed by atoms with Gasteiger partial charge in [0, 0.05) is 12.5 Å².